The van der Waals surface area contributed by atoms with Gasteiger partial charge in [0.25, 0.3) is 0 Å². The van der Waals surface area contributed by atoms with Gasteiger partial charge >= 0.3 is 0 Å². The molecule has 23 heavy (non-hydrogen) atoms. The lowest BCUT2D eigenvalue weighted by Gasteiger charge is -2.26. The molecule has 3 rings (SSSR count). The Morgan fingerprint density at radius 3 is 2.65 bits per heavy atom. The highest BCUT2D eigenvalue weighted by Gasteiger charge is 2.30. The van der Waals surface area contributed by atoms with Crippen molar-refractivity contribution in [2.75, 3.05) is 39.5 Å². The van der Waals surface area contributed by atoms with E-state index in [0.717, 1.165) is 34.2 Å². The second kappa shape index (κ2) is 6.66. The topological polar surface area (TPSA) is 24.9 Å². The Labute approximate surface area is 144 Å². The summed E-state index contributed by atoms with van der Waals surface area (Å²) in [5.41, 5.74) is 2.00. The van der Waals surface area contributed by atoms with Gasteiger partial charge in [0.15, 0.2) is 0 Å². The van der Waals surface area contributed by atoms with Gasteiger partial charge in [0.05, 0.1) is 33.2 Å². The standard InChI is InChI=1S/C19H22ClN3/c1-23(2,3)13-15-5-4-14(10-15)12-22-18-8-9-21-19-11-16(20)6-7-17(18)19/h4-11H,12-13H2,1-3H3,(H,21,22)/q+1. The van der Waals surface area contributed by atoms with Gasteiger partial charge in [-0.2, -0.15) is 0 Å². The van der Waals surface area contributed by atoms with Crippen LogP contribution in [0.2, 0.25) is 5.02 Å². The van der Waals surface area contributed by atoms with Crippen LogP contribution < -0.4 is 5.32 Å². The Balaban J connectivity index is 1.61. The van der Waals surface area contributed by atoms with E-state index in [1.54, 1.807) is 0 Å². The smallest absolute Gasteiger partial charge is 0.0851 e. The van der Waals surface area contributed by atoms with Crippen molar-refractivity contribution < 1.29 is 4.48 Å². The van der Waals surface area contributed by atoms with Crippen LogP contribution in [0.1, 0.15) is 0 Å². The lowest BCUT2D eigenvalue weighted by Crippen LogP contribution is -2.38. The Hall–Kier alpha value is -1.32. The van der Waals surface area contributed by atoms with E-state index in [1.807, 2.05) is 30.5 Å². The number of aromatic nitrogens is 1. The van der Waals surface area contributed by atoms with E-state index in [2.05, 4.69) is 50.7 Å². The highest BCUT2D eigenvalue weighted by atomic mass is 35.5. The first-order valence-electron chi connectivity index (χ1n) is 7.74. The summed E-state index contributed by atoms with van der Waals surface area (Å²) in [6, 6.07) is 7.81. The third-order valence-corrected chi connectivity index (χ3v) is 3.96. The van der Waals surface area contributed by atoms with Crippen LogP contribution in [0, 0.1) is 31.1 Å². The molecule has 3 nitrogen and oxygen atoms in total. The van der Waals surface area contributed by atoms with Crippen molar-refractivity contribution in [2.24, 2.45) is 0 Å². The molecule has 1 heterocycles. The summed E-state index contributed by atoms with van der Waals surface area (Å²) < 4.78 is 0.937. The fourth-order valence-corrected chi connectivity index (χ4v) is 2.94. The molecule has 5 radical (unpaired) electrons. The fourth-order valence-electron chi connectivity index (χ4n) is 2.78. The fraction of sp³-hybridized carbons (Fsp3) is 0.263. The highest BCUT2D eigenvalue weighted by Crippen LogP contribution is 2.33. The number of hydrogen-bond acceptors (Lipinski definition) is 2. The van der Waals surface area contributed by atoms with Gasteiger partial charge in [-0.05, 0) is 43.5 Å². The second-order valence-electron chi connectivity index (χ2n) is 6.95. The summed E-state index contributed by atoms with van der Waals surface area (Å²) in [6.45, 7) is 1.84. The van der Waals surface area contributed by atoms with Crippen LogP contribution in [0.3, 0.4) is 0 Å². The number of nitrogens with one attached hydrogen (secondary N) is 1. The molecule has 1 aromatic carbocycles. The molecule has 1 aliphatic rings. The molecule has 1 fully saturated rings. The van der Waals surface area contributed by atoms with Crippen molar-refractivity contribution in [3.8, 4) is 0 Å². The zero-order valence-corrected chi connectivity index (χ0v) is 14.6. The van der Waals surface area contributed by atoms with E-state index < -0.39 is 0 Å². The lowest BCUT2D eigenvalue weighted by molar-refractivity contribution is -0.867. The van der Waals surface area contributed by atoms with Crippen LogP contribution in [-0.2, 0) is 0 Å². The molecule has 0 aliphatic heterocycles. The monoisotopic (exact) mass is 327 g/mol. The van der Waals surface area contributed by atoms with Gasteiger partial charge in [0.1, 0.15) is 0 Å². The SMILES string of the molecule is C[N+](C)(C)C[C]1[CH][CH][C](CNc2ccnc3cc(Cl)ccc23)[CH]1. The predicted molar refractivity (Wildman–Crippen MR) is 97.5 cm³/mol. The average Bonchev–Trinajstić information content (AvgIpc) is 2.90. The first-order chi connectivity index (χ1) is 10.9. The molecular formula is C19H22ClN3+. The molecule has 0 unspecified atom stereocenters. The van der Waals surface area contributed by atoms with Crippen molar-refractivity contribution in [2.45, 2.75) is 0 Å². The molecule has 1 aliphatic carbocycles. The first kappa shape index (κ1) is 16.5. The third-order valence-electron chi connectivity index (χ3n) is 3.73. The summed E-state index contributed by atoms with van der Waals surface area (Å²) in [6.07, 6.45) is 8.49. The Morgan fingerprint density at radius 1 is 1.09 bits per heavy atom. The van der Waals surface area contributed by atoms with Gasteiger partial charge in [0, 0.05) is 40.7 Å². The van der Waals surface area contributed by atoms with Crippen molar-refractivity contribution in [3.05, 3.63) is 66.6 Å². The first-order valence-corrected chi connectivity index (χ1v) is 8.12. The summed E-state index contributed by atoms with van der Waals surface area (Å²) in [4.78, 5) is 4.38. The number of hydrogen-bond donors (Lipinski definition) is 1. The number of pyridine rings is 1. The zero-order chi connectivity index (χ0) is 16.4. The average molecular weight is 328 g/mol. The van der Waals surface area contributed by atoms with Crippen LogP contribution >= 0.6 is 11.6 Å². The Morgan fingerprint density at radius 2 is 1.87 bits per heavy atom. The van der Waals surface area contributed by atoms with Gasteiger partial charge in [-0.1, -0.05) is 11.6 Å². The molecule has 0 bridgehead atoms. The van der Waals surface area contributed by atoms with E-state index in [0.29, 0.717) is 5.02 Å². The maximum atomic E-state index is 6.04. The molecular weight excluding hydrogens is 306 g/mol. The normalized spacial score (nSPS) is 17.0. The summed E-state index contributed by atoms with van der Waals surface area (Å²) in [5.74, 6) is 2.67. The van der Waals surface area contributed by atoms with Crippen LogP contribution in [0.4, 0.5) is 5.69 Å². The molecule has 1 N–H and O–H groups in total. The minimum absolute atomic E-state index is 0.711. The van der Waals surface area contributed by atoms with E-state index in [4.69, 9.17) is 11.6 Å². The van der Waals surface area contributed by atoms with Crippen molar-refractivity contribution >= 4 is 28.2 Å². The molecule has 0 amide bonds. The van der Waals surface area contributed by atoms with Crippen LogP contribution in [0.25, 0.3) is 10.9 Å². The number of halogens is 1. The van der Waals surface area contributed by atoms with Crippen molar-refractivity contribution in [1.29, 1.82) is 0 Å². The van der Waals surface area contributed by atoms with E-state index in [-0.39, 0.29) is 0 Å². The van der Waals surface area contributed by atoms with Crippen LogP contribution in [-0.4, -0.2) is 43.7 Å². The molecule has 1 saturated carbocycles. The third kappa shape index (κ3) is 4.36. The molecule has 1 aromatic heterocycles. The Bertz CT molecular complexity index is 678. The predicted octanol–water partition coefficient (Wildman–Crippen LogP) is 3.78. The van der Waals surface area contributed by atoms with E-state index in [1.165, 1.54) is 11.8 Å². The molecule has 0 saturated heterocycles. The summed E-state index contributed by atoms with van der Waals surface area (Å²) in [7, 11) is 6.62. The van der Waals surface area contributed by atoms with Gasteiger partial charge in [-0.15, -0.1) is 0 Å². The molecule has 2 aromatic rings. The number of anilines is 1. The van der Waals surface area contributed by atoms with Crippen molar-refractivity contribution in [3.63, 3.8) is 0 Å². The summed E-state index contributed by atoms with van der Waals surface area (Å²) >= 11 is 6.04. The number of nitrogens with zero attached hydrogens (tertiary/aromatic N) is 2. The number of quaternary nitrogens is 1. The molecule has 4 heteroatoms. The second-order valence-corrected chi connectivity index (χ2v) is 7.39. The Kier molecular flexibility index (Phi) is 4.79. The molecule has 119 valence electrons. The maximum absolute atomic E-state index is 6.04. The minimum atomic E-state index is 0.711. The van der Waals surface area contributed by atoms with E-state index >= 15 is 0 Å². The maximum Gasteiger partial charge on any atom is 0.0851 e. The van der Waals surface area contributed by atoms with Gasteiger partial charge < -0.3 is 9.80 Å². The number of rotatable bonds is 5. The van der Waals surface area contributed by atoms with E-state index in [9.17, 15) is 0 Å². The molecule has 0 atom stereocenters. The molecule has 0 spiro atoms. The largest absolute Gasteiger partial charge is 0.384 e. The zero-order valence-electron chi connectivity index (χ0n) is 13.8. The summed E-state index contributed by atoms with van der Waals surface area (Å²) in [5, 5.41) is 5.32. The number of benzene rings is 1. The van der Waals surface area contributed by atoms with Crippen LogP contribution in [0.15, 0.2) is 30.5 Å². The minimum Gasteiger partial charge on any atom is -0.384 e. The van der Waals surface area contributed by atoms with Gasteiger partial charge in [-0.3, -0.25) is 4.98 Å². The lowest BCUT2D eigenvalue weighted by atomic mass is 10.0. The van der Waals surface area contributed by atoms with Gasteiger partial charge in [0.2, 0.25) is 0 Å². The number of fused-ring (bicyclic) bond motifs is 1. The highest BCUT2D eigenvalue weighted by molar-refractivity contribution is 6.31. The van der Waals surface area contributed by atoms with Gasteiger partial charge in [-0.25, -0.2) is 0 Å². The van der Waals surface area contributed by atoms with Crippen molar-refractivity contribution in [1.82, 2.24) is 4.98 Å². The quantitative estimate of drug-likeness (QED) is 0.845. The van der Waals surface area contributed by atoms with Crippen LogP contribution in [0.5, 0.6) is 0 Å².